The quantitative estimate of drug-likeness (QED) is 0.326. The van der Waals surface area contributed by atoms with Crippen LogP contribution in [0, 0.1) is 13.8 Å². The molecular weight excluding hydrogens is 382 g/mol. The number of likely N-dealkylation sites (tertiary alicyclic amines) is 1. The summed E-state index contributed by atoms with van der Waals surface area (Å²) in [7, 11) is 3.17. The number of Topliss-reactive ketones (excluding diaryl/α,β-unsaturated/α-hetero) is 1. The third-order valence-electron chi connectivity index (χ3n) is 5.37. The summed E-state index contributed by atoms with van der Waals surface area (Å²) in [4.78, 5) is 27.4. The van der Waals surface area contributed by atoms with Crippen LogP contribution < -0.4 is 4.74 Å². The van der Waals surface area contributed by atoms with Crippen molar-refractivity contribution in [3.8, 4) is 5.75 Å². The molecule has 30 heavy (non-hydrogen) atoms. The van der Waals surface area contributed by atoms with E-state index >= 15 is 0 Å². The van der Waals surface area contributed by atoms with E-state index in [0.717, 1.165) is 16.7 Å². The summed E-state index contributed by atoms with van der Waals surface area (Å²) in [6, 6.07) is 12.2. The molecule has 0 bridgehead atoms. The minimum absolute atomic E-state index is 0.108. The van der Waals surface area contributed by atoms with Gasteiger partial charge in [0.15, 0.2) is 0 Å². The zero-order chi connectivity index (χ0) is 21.8. The van der Waals surface area contributed by atoms with E-state index in [4.69, 9.17) is 9.47 Å². The minimum atomic E-state index is -0.674. The van der Waals surface area contributed by atoms with E-state index in [9.17, 15) is 14.7 Å². The predicted octanol–water partition coefficient (Wildman–Crippen LogP) is 3.77. The molecule has 2 aromatic rings. The third kappa shape index (κ3) is 4.09. The molecule has 1 atom stereocenters. The highest BCUT2D eigenvalue weighted by Gasteiger charge is 2.45. The molecule has 0 aliphatic carbocycles. The number of carbonyl (C=O) groups excluding carboxylic acids is 2. The first-order valence-electron chi connectivity index (χ1n) is 9.88. The van der Waals surface area contributed by atoms with E-state index in [1.807, 2.05) is 44.2 Å². The normalized spacial score (nSPS) is 18.1. The second-order valence-corrected chi connectivity index (χ2v) is 7.43. The highest BCUT2D eigenvalue weighted by Crippen LogP contribution is 2.40. The van der Waals surface area contributed by atoms with E-state index in [1.165, 1.54) is 4.90 Å². The molecule has 0 spiro atoms. The van der Waals surface area contributed by atoms with Gasteiger partial charge in [-0.25, -0.2) is 0 Å². The Hall–Kier alpha value is -3.12. The average Bonchev–Trinajstić information content (AvgIpc) is 3.00. The smallest absolute Gasteiger partial charge is 0.295 e. The van der Waals surface area contributed by atoms with Crippen molar-refractivity contribution < 1.29 is 24.2 Å². The summed E-state index contributed by atoms with van der Waals surface area (Å²) in [5.41, 5.74) is 3.19. The Morgan fingerprint density at radius 3 is 2.40 bits per heavy atom. The number of hydrogen-bond acceptors (Lipinski definition) is 5. The van der Waals surface area contributed by atoms with Crippen LogP contribution in [-0.2, 0) is 14.3 Å². The molecule has 0 saturated carbocycles. The van der Waals surface area contributed by atoms with Crippen LogP contribution >= 0.6 is 0 Å². The van der Waals surface area contributed by atoms with E-state index in [-0.39, 0.29) is 11.3 Å². The second kappa shape index (κ2) is 9.13. The molecule has 2 aromatic carbocycles. The molecule has 1 aliphatic heterocycles. The van der Waals surface area contributed by atoms with E-state index < -0.39 is 17.7 Å². The first kappa shape index (κ1) is 21.6. The Morgan fingerprint density at radius 2 is 1.77 bits per heavy atom. The van der Waals surface area contributed by atoms with Gasteiger partial charge in [0, 0.05) is 25.8 Å². The summed E-state index contributed by atoms with van der Waals surface area (Å²) in [6.07, 6.45) is 0.583. The van der Waals surface area contributed by atoms with Crippen molar-refractivity contribution in [3.63, 3.8) is 0 Å². The molecule has 1 N–H and O–H groups in total. The molecule has 1 heterocycles. The molecule has 1 saturated heterocycles. The molecule has 6 nitrogen and oxygen atoms in total. The van der Waals surface area contributed by atoms with Crippen molar-refractivity contribution in [2.75, 3.05) is 27.4 Å². The monoisotopic (exact) mass is 409 g/mol. The number of nitrogens with zero attached hydrogens (tertiary/aromatic N) is 1. The van der Waals surface area contributed by atoms with Crippen LogP contribution in [0.4, 0.5) is 0 Å². The third-order valence-corrected chi connectivity index (χ3v) is 5.37. The summed E-state index contributed by atoms with van der Waals surface area (Å²) >= 11 is 0. The number of methoxy groups -OCH3 is 2. The highest BCUT2D eigenvalue weighted by atomic mass is 16.5. The maximum Gasteiger partial charge on any atom is 0.295 e. The lowest BCUT2D eigenvalue weighted by molar-refractivity contribution is -0.140. The van der Waals surface area contributed by atoms with Crippen LogP contribution in [0.2, 0.25) is 0 Å². The summed E-state index contributed by atoms with van der Waals surface area (Å²) in [6.45, 7) is 4.60. The van der Waals surface area contributed by atoms with Crippen LogP contribution in [0.1, 0.15) is 34.7 Å². The maximum atomic E-state index is 13.0. The molecule has 1 unspecified atom stereocenters. The number of benzene rings is 2. The first-order valence-corrected chi connectivity index (χ1v) is 9.88. The number of ether oxygens (including phenoxy) is 2. The molecule has 0 aromatic heterocycles. The number of aliphatic hydroxyl groups is 1. The van der Waals surface area contributed by atoms with Gasteiger partial charge in [-0.3, -0.25) is 9.59 Å². The van der Waals surface area contributed by atoms with Gasteiger partial charge in [0.1, 0.15) is 11.5 Å². The Balaban J connectivity index is 2.15. The Kier molecular flexibility index (Phi) is 6.57. The van der Waals surface area contributed by atoms with Gasteiger partial charge in [0.25, 0.3) is 11.7 Å². The zero-order valence-electron chi connectivity index (χ0n) is 17.8. The minimum Gasteiger partial charge on any atom is -0.507 e. The van der Waals surface area contributed by atoms with Gasteiger partial charge < -0.3 is 19.5 Å². The van der Waals surface area contributed by atoms with E-state index in [0.29, 0.717) is 30.9 Å². The number of aliphatic hydroxyl groups excluding tert-OH is 1. The summed E-state index contributed by atoms with van der Waals surface area (Å²) in [5, 5.41) is 11.2. The standard InChI is InChI=1S/C24H27NO5/c1-15-6-7-16(2)19(14-15)22(26)20-21(17-8-10-18(30-4)11-9-17)25(12-5-13-29-3)24(28)23(20)27/h6-11,14,21,26H,5,12-13H2,1-4H3. The van der Waals surface area contributed by atoms with Gasteiger partial charge in [-0.1, -0.05) is 29.8 Å². The lowest BCUT2D eigenvalue weighted by Crippen LogP contribution is -2.31. The number of aryl methyl sites for hydroxylation is 2. The largest absolute Gasteiger partial charge is 0.507 e. The van der Waals surface area contributed by atoms with Crippen molar-refractivity contribution in [1.82, 2.24) is 4.90 Å². The van der Waals surface area contributed by atoms with Crippen molar-refractivity contribution in [3.05, 3.63) is 70.3 Å². The number of carbonyl (C=O) groups is 2. The van der Waals surface area contributed by atoms with E-state index in [2.05, 4.69) is 0 Å². The SMILES string of the molecule is COCCCN1C(=O)C(=O)C(=C(O)c2cc(C)ccc2C)C1c1ccc(OC)cc1. The van der Waals surface area contributed by atoms with Crippen LogP contribution in [0.5, 0.6) is 5.75 Å². The molecule has 3 rings (SSSR count). The predicted molar refractivity (Wildman–Crippen MR) is 114 cm³/mol. The van der Waals surface area contributed by atoms with Gasteiger partial charge >= 0.3 is 0 Å². The maximum absolute atomic E-state index is 13.0. The number of rotatable bonds is 7. The highest BCUT2D eigenvalue weighted by molar-refractivity contribution is 6.46. The topological polar surface area (TPSA) is 76.1 Å². The summed E-state index contributed by atoms with van der Waals surface area (Å²) in [5.74, 6) is -0.764. The first-order chi connectivity index (χ1) is 14.4. The number of ketones is 1. The van der Waals surface area contributed by atoms with Gasteiger partial charge in [-0.15, -0.1) is 0 Å². The van der Waals surface area contributed by atoms with Gasteiger partial charge in [-0.2, -0.15) is 0 Å². The molecule has 1 fully saturated rings. The molecule has 1 amide bonds. The molecular formula is C24H27NO5. The van der Waals surface area contributed by atoms with Crippen molar-refractivity contribution in [2.45, 2.75) is 26.3 Å². The fourth-order valence-electron chi connectivity index (χ4n) is 3.76. The van der Waals surface area contributed by atoms with Crippen molar-refractivity contribution in [1.29, 1.82) is 0 Å². The molecule has 158 valence electrons. The molecule has 6 heteroatoms. The average molecular weight is 409 g/mol. The van der Waals surface area contributed by atoms with Crippen molar-refractivity contribution >= 4 is 17.4 Å². The summed E-state index contributed by atoms with van der Waals surface area (Å²) < 4.78 is 10.3. The van der Waals surface area contributed by atoms with Gasteiger partial charge in [0.05, 0.1) is 18.7 Å². The van der Waals surface area contributed by atoms with Crippen molar-refractivity contribution in [2.24, 2.45) is 0 Å². The Morgan fingerprint density at radius 1 is 1.07 bits per heavy atom. The molecule has 1 aliphatic rings. The lowest BCUT2D eigenvalue weighted by atomic mass is 9.93. The number of amides is 1. The molecule has 0 radical (unpaired) electrons. The second-order valence-electron chi connectivity index (χ2n) is 7.43. The van der Waals surface area contributed by atoms with Crippen LogP contribution in [-0.4, -0.2) is 49.1 Å². The lowest BCUT2D eigenvalue weighted by Gasteiger charge is -2.25. The van der Waals surface area contributed by atoms with Crippen LogP contribution in [0.3, 0.4) is 0 Å². The fraction of sp³-hybridized carbons (Fsp3) is 0.333. The number of hydrogen-bond donors (Lipinski definition) is 1. The zero-order valence-corrected chi connectivity index (χ0v) is 17.8. The van der Waals surface area contributed by atoms with E-state index in [1.54, 1.807) is 26.4 Å². The van der Waals surface area contributed by atoms with Gasteiger partial charge in [0.2, 0.25) is 0 Å². The fourth-order valence-corrected chi connectivity index (χ4v) is 3.76. The Labute approximate surface area is 176 Å². The van der Waals surface area contributed by atoms with Crippen LogP contribution in [0.15, 0.2) is 48.0 Å². The van der Waals surface area contributed by atoms with Crippen LogP contribution in [0.25, 0.3) is 5.76 Å². The Bertz CT molecular complexity index is 978. The van der Waals surface area contributed by atoms with Gasteiger partial charge in [-0.05, 0) is 49.6 Å².